The number of carbonyl (C=O) groups excluding carboxylic acids is 1. The largest absolute Gasteiger partial charge is 0.494 e. The summed E-state index contributed by atoms with van der Waals surface area (Å²) in [6.07, 6.45) is 0. The molecule has 4 rings (SSSR count). The van der Waals surface area contributed by atoms with Gasteiger partial charge in [-0.2, -0.15) is 0 Å². The van der Waals surface area contributed by atoms with E-state index in [2.05, 4.69) is 15.1 Å². The Labute approximate surface area is 176 Å². The molecule has 1 amide bonds. The maximum Gasteiger partial charge on any atom is 0.433 e. The molecule has 0 aliphatic carbocycles. The Morgan fingerprint density at radius 3 is 2.80 bits per heavy atom. The number of hydrogen-bond donors (Lipinski definition) is 1. The van der Waals surface area contributed by atoms with Crippen molar-refractivity contribution < 1.29 is 18.9 Å². The molecule has 1 saturated heterocycles. The fourth-order valence-electron chi connectivity index (χ4n) is 3.34. The van der Waals surface area contributed by atoms with Crippen LogP contribution in [-0.4, -0.2) is 67.1 Å². The van der Waals surface area contributed by atoms with Gasteiger partial charge in [-0.25, -0.2) is 4.98 Å². The second-order valence-electron chi connectivity index (χ2n) is 6.78. The zero-order valence-corrected chi connectivity index (χ0v) is 17.2. The van der Waals surface area contributed by atoms with Crippen LogP contribution in [0.4, 0.5) is 11.0 Å². The molecule has 10 nitrogen and oxygen atoms in total. The van der Waals surface area contributed by atoms with Gasteiger partial charge in [0.05, 0.1) is 17.9 Å². The molecule has 1 aliphatic heterocycles. The molecule has 0 atom stereocenters. The summed E-state index contributed by atoms with van der Waals surface area (Å²) in [6.45, 7) is 4.53. The summed E-state index contributed by atoms with van der Waals surface area (Å²) in [7, 11) is 1.65. The lowest BCUT2D eigenvalue weighted by atomic mass is 10.3. The lowest BCUT2D eigenvalue weighted by molar-refractivity contribution is -0.402. The normalized spacial score (nSPS) is 14.8. The number of hydrogen-bond acceptors (Lipinski definition) is 9. The number of aromatic nitrogens is 1. The molecule has 2 aromatic heterocycles. The quantitative estimate of drug-likeness (QED) is 0.448. The summed E-state index contributed by atoms with van der Waals surface area (Å²) < 4.78 is 11.4. The molecule has 0 unspecified atom stereocenters. The number of fused-ring (bicyclic) bond motifs is 1. The molecule has 11 heteroatoms. The summed E-state index contributed by atoms with van der Waals surface area (Å²) in [5.74, 6) is -0.169. The molecule has 3 aromatic rings. The molecule has 0 spiro atoms. The minimum Gasteiger partial charge on any atom is -0.494 e. The molecule has 1 fully saturated rings. The molecular weight excluding hydrogens is 410 g/mol. The number of nitro groups is 1. The molecule has 0 bridgehead atoms. The van der Waals surface area contributed by atoms with E-state index in [0.29, 0.717) is 13.1 Å². The summed E-state index contributed by atoms with van der Waals surface area (Å²) in [5.41, 5.74) is 0.892. The third-order valence-corrected chi connectivity index (χ3v) is 6.02. The van der Waals surface area contributed by atoms with Gasteiger partial charge in [-0.15, -0.1) is 0 Å². The Bertz CT molecular complexity index is 1060. The minimum atomic E-state index is -0.669. The maximum absolute atomic E-state index is 12.0. The Kier molecular flexibility index (Phi) is 5.81. The van der Waals surface area contributed by atoms with Crippen molar-refractivity contribution in [2.45, 2.75) is 0 Å². The molecule has 1 aromatic carbocycles. The molecular formula is C19H21N5O5S. The second-order valence-corrected chi connectivity index (χ2v) is 7.79. The van der Waals surface area contributed by atoms with Gasteiger partial charge in [-0.05, 0) is 18.2 Å². The summed E-state index contributed by atoms with van der Waals surface area (Å²) in [6, 6.07) is 8.41. The average Bonchev–Trinajstić information content (AvgIpc) is 3.41. The zero-order chi connectivity index (χ0) is 21.1. The van der Waals surface area contributed by atoms with E-state index in [1.54, 1.807) is 18.4 Å². The average molecular weight is 431 g/mol. The van der Waals surface area contributed by atoms with Crippen molar-refractivity contribution in [3.63, 3.8) is 0 Å². The maximum atomic E-state index is 12.0. The van der Waals surface area contributed by atoms with E-state index in [9.17, 15) is 14.9 Å². The molecule has 1 N–H and O–H groups in total. The van der Waals surface area contributed by atoms with E-state index in [-0.39, 0.29) is 5.76 Å². The van der Waals surface area contributed by atoms with Crippen LogP contribution in [0.15, 0.2) is 34.7 Å². The molecule has 1 aliphatic rings. The van der Waals surface area contributed by atoms with Crippen LogP contribution in [0.5, 0.6) is 5.75 Å². The highest BCUT2D eigenvalue weighted by Crippen LogP contribution is 2.34. The number of nitrogens with one attached hydrogen (secondary N) is 1. The number of para-hydroxylation sites is 1. The Hall–Kier alpha value is -3.18. The van der Waals surface area contributed by atoms with Crippen LogP contribution in [0.2, 0.25) is 0 Å². The molecule has 158 valence electrons. The first kappa shape index (κ1) is 20.1. The number of amides is 1. The van der Waals surface area contributed by atoms with Gasteiger partial charge in [0.1, 0.15) is 16.2 Å². The van der Waals surface area contributed by atoms with E-state index >= 15 is 0 Å². The van der Waals surface area contributed by atoms with E-state index < -0.39 is 16.7 Å². The Morgan fingerprint density at radius 1 is 1.30 bits per heavy atom. The van der Waals surface area contributed by atoms with Gasteiger partial charge >= 0.3 is 5.88 Å². The van der Waals surface area contributed by atoms with Crippen molar-refractivity contribution in [3.8, 4) is 5.75 Å². The summed E-state index contributed by atoms with van der Waals surface area (Å²) in [5, 5.41) is 14.4. The van der Waals surface area contributed by atoms with Gasteiger partial charge in [-0.3, -0.25) is 19.8 Å². The van der Waals surface area contributed by atoms with Crippen molar-refractivity contribution in [2.75, 3.05) is 51.3 Å². The first-order valence-corrected chi connectivity index (χ1v) is 10.3. The van der Waals surface area contributed by atoms with Crippen molar-refractivity contribution >= 4 is 38.5 Å². The number of rotatable bonds is 7. The lowest BCUT2D eigenvalue weighted by Gasteiger charge is -2.34. The van der Waals surface area contributed by atoms with E-state index in [4.69, 9.17) is 14.1 Å². The van der Waals surface area contributed by atoms with E-state index in [0.717, 1.165) is 47.3 Å². The number of carbonyl (C=O) groups is 1. The third-order valence-electron chi connectivity index (χ3n) is 4.94. The summed E-state index contributed by atoms with van der Waals surface area (Å²) >= 11 is 1.66. The molecule has 3 heterocycles. The number of nitrogens with zero attached hydrogens (tertiary/aromatic N) is 4. The number of piperazine rings is 1. The monoisotopic (exact) mass is 431 g/mol. The fraction of sp³-hybridized carbons (Fsp3) is 0.368. The number of furan rings is 1. The first-order chi connectivity index (χ1) is 14.5. The van der Waals surface area contributed by atoms with Crippen molar-refractivity contribution in [3.05, 3.63) is 46.2 Å². The highest BCUT2D eigenvalue weighted by Gasteiger charge is 2.21. The highest BCUT2D eigenvalue weighted by molar-refractivity contribution is 7.22. The van der Waals surface area contributed by atoms with Crippen LogP contribution in [0.25, 0.3) is 10.2 Å². The Morgan fingerprint density at radius 2 is 2.10 bits per heavy atom. The van der Waals surface area contributed by atoms with Gasteiger partial charge in [0.25, 0.3) is 5.91 Å². The van der Waals surface area contributed by atoms with Crippen molar-refractivity contribution in [1.29, 1.82) is 0 Å². The van der Waals surface area contributed by atoms with Gasteiger partial charge in [0.2, 0.25) is 0 Å². The predicted octanol–water partition coefficient (Wildman–Crippen LogP) is 2.36. The van der Waals surface area contributed by atoms with Crippen molar-refractivity contribution in [1.82, 2.24) is 15.2 Å². The number of anilines is 1. The van der Waals surface area contributed by atoms with Crippen LogP contribution in [-0.2, 0) is 0 Å². The zero-order valence-electron chi connectivity index (χ0n) is 16.4. The third kappa shape index (κ3) is 4.21. The standard InChI is InChI=1S/C19H21N5O5S/c1-28-13-3-2-4-15-17(13)21-19(30-15)23-11-9-22(10-12-23)8-7-20-18(25)14-5-6-16(29-14)24(26)27/h2-6H,7-12H2,1H3,(H,20,25). The summed E-state index contributed by atoms with van der Waals surface area (Å²) in [4.78, 5) is 31.3. The number of thiazole rings is 1. The number of methoxy groups -OCH3 is 1. The smallest absolute Gasteiger partial charge is 0.433 e. The van der Waals surface area contributed by atoms with Crippen LogP contribution in [0.1, 0.15) is 10.6 Å². The van der Waals surface area contributed by atoms with Crippen LogP contribution in [0, 0.1) is 10.1 Å². The minimum absolute atomic E-state index is 0.0576. The predicted molar refractivity (Wildman–Crippen MR) is 113 cm³/mol. The highest BCUT2D eigenvalue weighted by atomic mass is 32.1. The fourth-order valence-corrected chi connectivity index (χ4v) is 4.37. The van der Waals surface area contributed by atoms with Gasteiger partial charge in [-0.1, -0.05) is 17.4 Å². The lowest BCUT2D eigenvalue weighted by Crippen LogP contribution is -2.48. The first-order valence-electron chi connectivity index (χ1n) is 9.48. The van der Waals surface area contributed by atoms with Gasteiger partial charge < -0.3 is 19.4 Å². The van der Waals surface area contributed by atoms with Crippen molar-refractivity contribution in [2.24, 2.45) is 0 Å². The van der Waals surface area contributed by atoms with E-state index in [1.807, 2.05) is 18.2 Å². The SMILES string of the molecule is COc1cccc2sc(N3CCN(CCNC(=O)c4ccc([N+](=O)[O-])o4)CC3)nc12. The molecule has 0 radical (unpaired) electrons. The molecule has 0 saturated carbocycles. The van der Waals surface area contributed by atoms with Gasteiger partial charge in [0.15, 0.2) is 10.9 Å². The van der Waals surface area contributed by atoms with E-state index in [1.165, 1.54) is 12.1 Å². The molecule has 30 heavy (non-hydrogen) atoms. The van der Waals surface area contributed by atoms with Crippen LogP contribution in [0.3, 0.4) is 0 Å². The van der Waals surface area contributed by atoms with Crippen LogP contribution >= 0.6 is 11.3 Å². The van der Waals surface area contributed by atoms with Crippen LogP contribution < -0.4 is 15.0 Å². The Balaban J connectivity index is 1.26. The second kappa shape index (κ2) is 8.67. The number of ether oxygens (including phenoxy) is 1. The number of benzene rings is 1. The topological polar surface area (TPSA) is 114 Å². The van der Waals surface area contributed by atoms with Gasteiger partial charge in [0, 0.05) is 39.3 Å².